The van der Waals surface area contributed by atoms with Crippen LogP contribution in [0.1, 0.15) is 6.42 Å². The van der Waals surface area contributed by atoms with Gasteiger partial charge in [-0.25, -0.2) is 4.98 Å². The van der Waals surface area contributed by atoms with Gasteiger partial charge in [-0.3, -0.25) is 0 Å². The maximum Gasteiger partial charge on any atom is 0.142 e. The number of para-hydroxylation sites is 1. The third-order valence-electron chi connectivity index (χ3n) is 4.65. The second-order valence-corrected chi connectivity index (χ2v) is 7.32. The van der Waals surface area contributed by atoms with E-state index in [9.17, 15) is 9.32 Å². The Morgan fingerprint density at radius 1 is 1.42 bits per heavy atom. The number of nitrogens with one attached hydrogen (secondary N) is 2. The number of methoxy groups -OCH3 is 1. The van der Waals surface area contributed by atoms with Gasteiger partial charge in [0.15, 0.2) is 0 Å². The number of benzene rings is 1. The van der Waals surface area contributed by atoms with Crippen LogP contribution >= 0.6 is 0 Å². The number of anilines is 1. The number of fused-ring (bicyclic) bond motifs is 1. The topological polar surface area (TPSA) is 102 Å². The van der Waals surface area contributed by atoms with Gasteiger partial charge in [-0.05, 0) is 18.6 Å². The maximum atomic E-state index is 11.6. The molecule has 3 N–H and O–H groups in total. The number of aromatic nitrogens is 2. The fourth-order valence-electron chi connectivity index (χ4n) is 3.37. The Hall–Kier alpha value is -2.58. The summed E-state index contributed by atoms with van der Waals surface area (Å²) in [4.78, 5) is 10.2. The molecular formula is C18H19N4O3S-. The number of aromatic amines is 1. The van der Waals surface area contributed by atoms with Gasteiger partial charge >= 0.3 is 0 Å². The first-order valence-electron chi connectivity index (χ1n) is 8.29. The Bertz CT molecular complexity index is 1040. The molecule has 2 aromatic heterocycles. The highest BCUT2D eigenvalue weighted by molar-refractivity contribution is 7.73. The van der Waals surface area contributed by atoms with Crippen LogP contribution in [0.2, 0.25) is 0 Å². The van der Waals surface area contributed by atoms with Crippen LogP contribution in [0.5, 0.6) is 5.75 Å². The lowest BCUT2D eigenvalue weighted by molar-refractivity contribution is 0.198. The van der Waals surface area contributed by atoms with Crippen LogP contribution in [0, 0.1) is 4.78 Å². The average Bonchev–Trinajstić information content (AvgIpc) is 3.26. The van der Waals surface area contributed by atoms with Gasteiger partial charge in [0.25, 0.3) is 0 Å². The van der Waals surface area contributed by atoms with E-state index >= 15 is 0 Å². The third-order valence-corrected chi connectivity index (χ3v) is 5.30. The van der Waals surface area contributed by atoms with E-state index in [1.54, 1.807) is 13.2 Å². The van der Waals surface area contributed by atoms with Gasteiger partial charge < -0.3 is 28.7 Å². The smallest absolute Gasteiger partial charge is 0.142 e. The fraction of sp³-hybridized carbons (Fsp3) is 0.278. The van der Waals surface area contributed by atoms with Gasteiger partial charge in [0, 0.05) is 30.2 Å². The van der Waals surface area contributed by atoms with Crippen LogP contribution in [0.4, 0.5) is 5.82 Å². The Morgan fingerprint density at radius 3 is 2.96 bits per heavy atom. The number of hydrogen-bond donors (Lipinski definition) is 3. The van der Waals surface area contributed by atoms with E-state index < -0.39 is 10.6 Å². The van der Waals surface area contributed by atoms with Gasteiger partial charge in [0.1, 0.15) is 11.6 Å². The minimum absolute atomic E-state index is 0.342. The normalized spacial score (nSPS) is 17.3. The van der Waals surface area contributed by atoms with E-state index in [-0.39, 0.29) is 6.10 Å². The summed E-state index contributed by atoms with van der Waals surface area (Å²) in [5, 5.41) is 10.9. The van der Waals surface area contributed by atoms with E-state index in [1.807, 2.05) is 29.2 Å². The number of nitrogens with zero attached hydrogens (tertiary/aromatic N) is 2. The molecule has 26 heavy (non-hydrogen) atoms. The molecule has 1 fully saturated rings. The summed E-state index contributed by atoms with van der Waals surface area (Å²) in [7, 11) is -0.250. The number of ether oxygens (including phenoxy) is 1. The summed E-state index contributed by atoms with van der Waals surface area (Å²) in [6.45, 7) is 1.21. The van der Waals surface area contributed by atoms with Crippen molar-refractivity contribution in [1.29, 1.82) is 4.78 Å². The summed E-state index contributed by atoms with van der Waals surface area (Å²) in [6.07, 6.45) is 1.78. The van der Waals surface area contributed by atoms with Crippen molar-refractivity contribution in [3.8, 4) is 17.0 Å². The molecule has 1 aromatic carbocycles. The van der Waals surface area contributed by atoms with Gasteiger partial charge in [-0.1, -0.05) is 23.1 Å². The molecule has 136 valence electrons. The zero-order valence-electron chi connectivity index (χ0n) is 14.2. The predicted octanol–water partition coefficient (Wildman–Crippen LogP) is 2.89. The Balaban J connectivity index is 1.89. The van der Waals surface area contributed by atoms with Gasteiger partial charge in [-0.2, -0.15) is 10.6 Å². The SMILES string of the molecule is COc1cccc2cc(-c3cc([S-](=N)=O)cnc3N3CC[C@H](O)C3)[nH]c12. The third kappa shape index (κ3) is 2.91. The zero-order chi connectivity index (χ0) is 18.3. The standard InChI is InChI=1S/C18H19N4O3S/c1-25-16-4-2-3-11-7-15(21-17(11)16)14-8-13(26(19)24)9-20-18(14)22-6-5-12(23)10-22/h2-4,7-9,12,19,21,23H,5-6,10H2,1H3/q-1/t12-/m0/s1. The minimum Gasteiger partial charge on any atom is -0.495 e. The van der Waals surface area contributed by atoms with E-state index in [0.717, 1.165) is 27.9 Å². The first-order chi connectivity index (χ1) is 12.6. The van der Waals surface area contributed by atoms with Crippen LogP contribution in [0.3, 0.4) is 0 Å². The van der Waals surface area contributed by atoms with Gasteiger partial charge in [0.2, 0.25) is 0 Å². The van der Waals surface area contributed by atoms with Crippen molar-refractivity contribution in [1.82, 2.24) is 9.97 Å². The zero-order valence-corrected chi connectivity index (χ0v) is 15.0. The average molecular weight is 371 g/mol. The molecule has 0 spiro atoms. The summed E-state index contributed by atoms with van der Waals surface area (Å²) in [5.74, 6) is 1.45. The molecule has 8 heteroatoms. The van der Waals surface area contributed by atoms with E-state index in [1.165, 1.54) is 6.20 Å². The second kappa shape index (κ2) is 6.62. The van der Waals surface area contributed by atoms with Crippen LogP contribution in [0.25, 0.3) is 22.2 Å². The minimum atomic E-state index is -1.87. The summed E-state index contributed by atoms with van der Waals surface area (Å²) in [6, 6.07) is 9.50. The number of H-pyrrole nitrogens is 1. The van der Waals surface area contributed by atoms with Crippen LogP contribution in [0.15, 0.2) is 41.4 Å². The number of aliphatic hydroxyl groups excluding tert-OH is 1. The number of aliphatic hydroxyl groups is 1. The monoisotopic (exact) mass is 371 g/mol. The lowest BCUT2D eigenvalue weighted by Crippen LogP contribution is -2.23. The van der Waals surface area contributed by atoms with E-state index in [2.05, 4.69) is 9.97 Å². The quantitative estimate of drug-likeness (QED) is 0.612. The lowest BCUT2D eigenvalue weighted by atomic mass is 10.1. The first-order valence-corrected chi connectivity index (χ1v) is 9.44. The molecule has 3 heterocycles. The summed E-state index contributed by atoms with van der Waals surface area (Å²) >= 11 is 0. The highest BCUT2D eigenvalue weighted by Crippen LogP contribution is 2.35. The summed E-state index contributed by atoms with van der Waals surface area (Å²) < 4.78 is 24.6. The van der Waals surface area contributed by atoms with Crippen molar-refractivity contribution in [2.45, 2.75) is 17.4 Å². The highest BCUT2D eigenvalue weighted by atomic mass is 32.2. The largest absolute Gasteiger partial charge is 0.495 e. The van der Waals surface area contributed by atoms with Crippen LogP contribution in [-0.4, -0.2) is 41.4 Å². The molecule has 1 aliphatic rings. The molecule has 0 saturated carbocycles. The van der Waals surface area contributed by atoms with Crippen molar-refractivity contribution in [3.05, 3.63) is 36.5 Å². The molecule has 1 atom stereocenters. The number of hydrogen-bond acceptors (Lipinski definition) is 7. The second-order valence-electron chi connectivity index (χ2n) is 6.31. The lowest BCUT2D eigenvalue weighted by Gasteiger charge is -2.21. The van der Waals surface area contributed by atoms with Gasteiger partial charge in [0.05, 0.1) is 24.4 Å². The fourth-order valence-corrected chi connectivity index (χ4v) is 3.74. The first kappa shape index (κ1) is 16.9. The van der Waals surface area contributed by atoms with Crippen molar-refractivity contribution < 1.29 is 14.1 Å². The Morgan fingerprint density at radius 2 is 2.27 bits per heavy atom. The molecule has 0 unspecified atom stereocenters. The predicted molar refractivity (Wildman–Crippen MR) is 100.0 cm³/mol. The van der Waals surface area contributed by atoms with Gasteiger partial charge in [-0.15, -0.1) is 0 Å². The molecule has 3 aromatic rings. The molecule has 1 aliphatic heterocycles. The van der Waals surface area contributed by atoms with Crippen molar-refractivity contribution in [2.24, 2.45) is 0 Å². The van der Waals surface area contributed by atoms with Crippen molar-refractivity contribution in [3.63, 3.8) is 0 Å². The van der Waals surface area contributed by atoms with Crippen molar-refractivity contribution >= 4 is 27.3 Å². The molecule has 1 saturated heterocycles. The molecule has 0 aliphatic carbocycles. The number of rotatable bonds is 4. The molecule has 0 bridgehead atoms. The number of β-amino-alcohol motifs (C(OH)–C–C–N with tert-alkyl or cyclic N) is 1. The molecule has 7 nitrogen and oxygen atoms in total. The number of pyridine rings is 1. The maximum absolute atomic E-state index is 11.6. The molecule has 0 amide bonds. The summed E-state index contributed by atoms with van der Waals surface area (Å²) in [5.41, 5.74) is 2.44. The molecular weight excluding hydrogens is 352 g/mol. The van der Waals surface area contributed by atoms with Crippen LogP contribution in [-0.2, 0) is 14.8 Å². The Kier molecular flexibility index (Phi) is 4.29. The Labute approximate surface area is 152 Å². The van der Waals surface area contributed by atoms with E-state index in [0.29, 0.717) is 30.2 Å². The van der Waals surface area contributed by atoms with Crippen molar-refractivity contribution in [2.75, 3.05) is 25.1 Å². The van der Waals surface area contributed by atoms with Crippen LogP contribution < -0.4 is 9.64 Å². The molecule has 0 radical (unpaired) electrons. The molecule has 4 rings (SSSR count). The van der Waals surface area contributed by atoms with E-state index in [4.69, 9.17) is 9.52 Å². The highest BCUT2D eigenvalue weighted by Gasteiger charge is 2.24.